The molecule has 0 bridgehead atoms. The maximum absolute atomic E-state index is 12.5. The maximum Gasteiger partial charge on any atom is 0.123 e. The molecule has 2 heteroatoms. The van der Waals surface area contributed by atoms with Crippen LogP contribution in [0.15, 0.2) is 24.3 Å². The zero-order valence-corrected chi connectivity index (χ0v) is 6.81. The van der Waals surface area contributed by atoms with Gasteiger partial charge in [0.2, 0.25) is 0 Å². The minimum atomic E-state index is -0.162. The van der Waals surface area contributed by atoms with Crippen LogP contribution < -0.4 is 5.32 Å². The molecule has 12 heavy (non-hydrogen) atoms. The summed E-state index contributed by atoms with van der Waals surface area (Å²) in [6.45, 7) is 2.00. The average molecular weight is 164 g/mol. The predicted octanol–water partition coefficient (Wildman–Crippen LogP) is 1.74. The molecule has 1 aromatic rings. The summed E-state index contributed by atoms with van der Waals surface area (Å²) in [5.74, 6) is 1.22. The summed E-state index contributed by atoms with van der Waals surface area (Å²) < 4.78 is 12.5. The molecule has 0 aromatic heterocycles. The molecule has 1 N–H and O–H groups in total. The van der Waals surface area contributed by atoms with Gasteiger partial charge in [-0.2, -0.15) is 0 Å². The molecule has 1 aromatic carbocycles. The number of rotatable bonds is 1. The highest BCUT2D eigenvalue weighted by Crippen LogP contribution is 2.20. The van der Waals surface area contributed by atoms with Gasteiger partial charge in [-0.25, -0.2) is 4.39 Å². The van der Waals surface area contributed by atoms with E-state index in [0.717, 1.165) is 19.5 Å². The van der Waals surface area contributed by atoms with Crippen LogP contribution in [0, 0.1) is 11.7 Å². The number of nitrogens with one attached hydrogen (secondary N) is 1. The first-order valence-corrected chi connectivity index (χ1v) is 4.17. The van der Waals surface area contributed by atoms with Crippen LogP contribution >= 0.6 is 0 Å². The molecule has 0 aliphatic carbocycles. The van der Waals surface area contributed by atoms with Crippen LogP contribution in [0.2, 0.25) is 0 Å². The Bertz CT molecular complexity index is 249. The van der Waals surface area contributed by atoms with Gasteiger partial charge in [-0.15, -0.1) is 0 Å². The van der Waals surface area contributed by atoms with Crippen molar-refractivity contribution >= 4 is 0 Å². The van der Waals surface area contributed by atoms with Gasteiger partial charge in [0, 0.05) is 12.5 Å². The molecule has 1 heterocycles. The van der Waals surface area contributed by atoms with Crippen LogP contribution in [-0.4, -0.2) is 13.1 Å². The van der Waals surface area contributed by atoms with Gasteiger partial charge in [0.05, 0.1) is 0 Å². The fourth-order valence-corrected chi connectivity index (χ4v) is 1.50. The third kappa shape index (κ3) is 1.48. The van der Waals surface area contributed by atoms with Crippen molar-refractivity contribution in [1.82, 2.24) is 5.32 Å². The Hall–Kier alpha value is -0.890. The zero-order chi connectivity index (χ0) is 8.39. The highest BCUT2D eigenvalue weighted by atomic mass is 19.1. The summed E-state index contributed by atoms with van der Waals surface area (Å²) in [5.41, 5.74) is 1.17. The van der Waals surface area contributed by atoms with Crippen molar-refractivity contribution in [2.75, 3.05) is 13.1 Å². The van der Waals surface area contributed by atoms with Gasteiger partial charge in [-0.1, -0.05) is 12.1 Å². The van der Waals surface area contributed by atoms with Crippen molar-refractivity contribution in [2.24, 2.45) is 0 Å². The minimum absolute atomic E-state index is 0.162. The van der Waals surface area contributed by atoms with E-state index in [0.29, 0.717) is 0 Å². The molecule has 63 valence electrons. The average Bonchev–Trinajstić information content (AvgIpc) is 2.58. The van der Waals surface area contributed by atoms with Crippen molar-refractivity contribution in [2.45, 2.75) is 6.42 Å². The second-order valence-electron chi connectivity index (χ2n) is 3.04. The first-order chi connectivity index (χ1) is 5.86. The number of hydrogen-bond acceptors (Lipinski definition) is 1. The Morgan fingerprint density at radius 3 is 2.50 bits per heavy atom. The molecule has 1 aliphatic heterocycles. The van der Waals surface area contributed by atoms with E-state index in [-0.39, 0.29) is 5.82 Å². The Kier molecular flexibility index (Phi) is 2.09. The fourth-order valence-electron chi connectivity index (χ4n) is 1.50. The van der Waals surface area contributed by atoms with E-state index in [9.17, 15) is 4.39 Å². The molecular formula is C10H11FN. The van der Waals surface area contributed by atoms with Crippen LogP contribution in [0.1, 0.15) is 12.0 Å². The second kappa shape index (κ2) is 3.23. The SMILES string of the molecule is Fc1ccc([C]2CCNC2)cc1. The summed E-state index contributed by atoms with van der Waals surface area (Å²) >= 11 is 0. The van der Waals surface area contributed by atoms with Crippen LogP contribution in [0.25, 0.3) is 0 Å². The van der Waals surface area contributed by atoms with Gasteiger partial charge in [-0.05, 0) is 30.7 Å². The molecule has 1 aliphatic rings. The molecule has 0 spiro atoms. The van der Waals surface area contributed by atoms with Crippen molar-refractivity contribution < 1.29 is 4.39 Å². The lowest BCUT2D eigenvalue weighted by atomic mass is 9.99. The molecule has 0 saturated carbocycles. The first kappa shape index (κ1) is 7.74. The van der Waals surface area contributed by atoms with E-state index in [1.165, 1.54) is 23.6 Å². The lowest BCUT2D eigenvalue weighted by Gasteiger charge is -2.06. The van der Waals surface area contributed by atoms with Gasteiger partial charge in [-0.3, -0.25) is 0 Å². The Morgan fingerprint density at radius 2 is 1.92 bits per heavy atom. The Labute approximate surface area is 71.6 Å². The highest BCUT2D eigenvalue weighted by Gasteiger charge is 2.16. The van der Waals surface area contributed by atoms with E-state index in [1.54, 1.807) is 0 Å². The molecule has 1 nitrogen and oxygen atoms in total. The molecule has 0 unspecified atom stereocenters. The molecule has 2 rings (SSSR count). The molecular weight excluding hydrogens is 153 g/mol. The van der Waals surface area contributed by atoms with Gasteiger partial charge >= 0.3 is 0 Å². The van der Waals surface area contributed by atoms with Crippen molar-refractivity contribution in [1.29, 1.82) is 0 Å². The topological polar surface area (TPSA) is 12.0 Å². The lowest BCUT2D eigenvalue weighted by Crippen LogP contribution is -2.08. The van der Waals surface area contributed by atoms with Crippen molar-refractivity contribution in [3.05, 3.63) is 41.6 Å². The molecule has 1 saturated heterocycles. The summed E-state index contributed by atoms with van der Waals surface area (Å²) in [6.07, 6.45) is 1.09. The fraction of sp³-hybridized carbons (Fsp3) is 0.300. The van der Waals surface area contributed by atoms with E-state index in [1.807, 2.05) is 12.1 Å². The van der Waals surface area contributed by atoms with Crippen LogP contribution in [0.5, 0.6) is 0 Å². The summed E-state index contributed by atoms with van der Waals surface area (Å²) in [4.78, 5) is 0. The summed E-state index contributed by atoms with van der Waals surface area (Å²) in [6, 6.07) is 6.72. The van der Waals surface area contributed by atoms with Gasteiger partial charge in [0.25, 0.3) is 0 Å². The maximum atomic E-state index is 12.5. The van der Waals surface area contributed by atoms with Crippen LogP contribution in [0.4, 0.5) is 4.39 Å². The van der Waals surface area contributed by atoms with Crippen LogP contribution in [-0.2, 0) is 0 Å². The monoisotopic (exact) mass is 164 g/mol. The Morgan fingerprint density at radius 1 is 1.17 bits per heavy atom. The predicted molar refractivity (Wildman–Crippen MR) is 46.2 cm³/mol. The first-order valence-electron chi connectivity index (χ1n) is 4.17. The minimum Gasteiger partial charge on any atom is -0.316 e. The zero-order valence-electron chi connectivity index (χ0n) is 6.81. The number of hydrogen-bond donors (Lipinski definition) is 1. The highest BCUT2D eigenvalue weighted by molar-refractivity contribution is 5.32. The molecule has 0 amide bonds. The largest absolute Gasteiger partial charge is 0.316 e. The standard InChI is InChI=1S/C10H11FN/c11-10-3-1-8(2-4-10)9-5-6-12-7-9/h1-4,12H,5-7H2. The quantitative estimate of drug-likeness (QED) is 0.666. The number of halogens is 1. The smallest absolute Gasteiger partial charge is 0.123 e. The molecule has 1 fully saturated rings. The molecule has 0 atom stereocenters. The van der Waals surface area contributed by atoms with Crippen molar-refractivity contribution in [3.8, 4) is 0 Å². The van der Waals surface area contributed by atoms with Gasteiger partial charge in [0.1, 0.15) is 5.82 Å². The normalized spacial score (nSPS) is 18.4. The van der Waals surface area contributed by atoms with E-state index in [4.69, 9.17) is 0 Å². The second-order valence-corrected chi connectivity index (χ2v) is 3.04. The van der Waals surface area contributed by atoms with Crippen LogP contribution in [0.3, 0.4) is 0 Å². The van der Waals surface area contributed by atoms with E-state index in [2.05, 4.69) is 5.32 Å². The Balaban J connectivity index is 2.17. The summed E-state index contributed by atoms with van der Waals surface area (Å²) in [5, 5.41) is 3.25. The third-order valence-corrected chi connectivity index (χ3v) is 2.19. The number of benzene rings is 1. The molecule has 1 radical (unpaired) electrons. The third-order valence-electron chi connectivity index (χ3n) is 2.19. The van der Waals surface area contributed by atoms with Gasteiger partial charge in [0.15, 0.2) is 0 Å². The van der Waals surface area contributed by atoms with E-state index < -0.39 is 0 Å². The van der Waals surface area contributed by atoms with Gasteiger partial charge < -0.3 is 5.32 Å². The summed E-state index contributed by atoms with van der Waals surface area (Å²) in [7, 11) is 0. The lowest BCUT2D eigenvalue weighted by molar-refractivity contribution is 0.627. The van der Waals surface area contributed by atoms with Crippen molar-refractivity contribution in [3.63, 3.8) is 0 Å². The van der Waals surface area contributed by atoms with E-state index >= 15 is 0 Å².